The number of nitrogens with zero attached hydrogens (tertiary/aromatic N) is 1. The Morgan fingerprint density at radius 2 is 1.67 bits per heavy atom. The van der Waals surface area contributed by atoms with Crippen LogP contribution in [0.25, 0.3) is 10.6 Å². The highest BCUT2D eigenvalue weighted by Gasteiger charge is 2.13. The van der Waals surface area contributed by atoms with Crippen LogP contribution in [0.4, 0.5) is 11.4 Å². The first kappa shape index (κ1) is 17.2. The minimum absolute atomic E-state index is 0.234. The van der Waals surface area contributed by atoms with Crippen molar-refractivity contribution >= 4 is 45.9 Å². The highest BCUT2D eigenvalue weighted by Crippen LogP contribution is 2.26. The van der Waals surface area contributed by atoms with Crippen LogP contribution in [-0.4, -0.2) is 16.8 Å². The van der Waals surface area contributed by atoms with E-state index in [1.807, 2.05) is 16.8 Å². The van der Waals surface area contributed by atoms with Crippen molar-refractivity contribution in [1.29, 1.82) is 0 Å². The maximum atomic E-state index is 12.4. The lowest BCUT2D eigenvalue weighted by Crippen LogP contribution is -2.13. The lowest BCUT2D eigenvalue weighted by Gasteiger charge is -2.06. The van der Waals surface area contributed by atoms with Gasteiger partial charge in [0.25, 0.3) is 11.8 Å². The van der Waals surface area contributed by atoms with Gasteiger partial charge in [0.2, 0.25) is 0 Å². The molecule has 0 unspecified atom stereocenters. The smallest absolute Gasteiger partial charge is 0.291 e. The zero-order valence-electron chi connectivity index (χ0n) is 13.8. The summed E-state index contributed by atoms with van der Waals surface area (Å²) in [5.41, 5.74) is 2.60. The van der Waals surface area contributed by atoms with Crippen LogP contribution in [0.3, 0.4) is 0 Å². The van der Waals surface area contributed by atoms with Crippen molar-refractivity contribution in [2.75, 3.05) is 10.6 Å². The van der Waals surface area contributed by atoms with Crippen LogP contribution in [0.1, 0.15) is 21.0 Å². The van der Waals surface area contributed by atoms with Crippen molar-refractivity contribution in [2.24, 2.45) is 0 Å². The van der Waals surface area contributed by atoms with Gasteiger partial charge in [0.1, 0.15) is 10.7 Å². The average Bonchev–Trinajstić information content (AvgIpc) is 3.43. The van der Waals surface area contributed by atoms with Gasteiger partial charge in [-0.25, -0.2) is 4.98 Å². The number of hydrogen-bond donors (Lipinski definition) is 2. The largest absolute Gasteiger partial charge is 0.459 e. The number of furan rings is 1. The maximum Gasteiger partial charge on any atom is 0.291 e. The third-order valence-electron chi connectivity index (χ3n) is 3.65. The summed E-state index contributed by atoms with van der Waals surface area (Å²) in [4.78, 5) is 28.7. The molecular formula is C19H13N3O3S2. The van der Waals surface area contributed by atoms with Gasteiger partial charge in [-0.05, 0) is 47.8 Å². The monoisotopic (exact) mass is 395 g/mol. The van der Waals surface area contributed by atoms with E-state index in [1.165, 1.54) is 17.6 Å². The molecular weight excluding hydrogens is 382 g/mol. The topological polar surface area (TPSA) is 84.2 Å². The molecule has 0 radical (unpaired) electrons. The summed E-state index contributed by atoms with van der Waals surface area (Å²) in [6, 6.07) is 12.0. The number of thiophene rings is 1. The van der Waals surface area contributed by atoms with Crippen LogP contribution < -0.4 is 10.6 Å². The van der Waals surface area contributed by atoms with Gasteiger partial charge in [-0.1, -0.05) is 0 Å². The average molecular weight is 395 g/mol. The Bertz CT molecular complexity index is 1050. The zero-order valence-corrected chi connectivity index (χ0v) is 15.5. The summed E-state index contributed by atoms with van der Waals surface area (Å²) in [6.07, 6.45) is 1.44. The molecule has 1 aromatic carbocycles. The van der Waals surface area contributed by atoms with E-state index >= 15 is 0 Å². The van der Waals surface area contributed by atoms with Crippen LogP contribution in [0, 0.1) is 0 Å². The number of nitrogens with one attached hydrogen (secondary N) is 2. The Hall–Kier alpha value is -3.23. The van der Waals surface area contributed by atoms with E-state index < -0.39 is 0 Å². The second kappa shape index (κ2) is 7.56. The van der Waals surface area contributed by atoms with Crippen molar-refractivity contribution in [3.63, 3.8) is 0 Å². The van der Waals surface area contributed by atoms with Gasteiger partial charge in [0.05, 0.1) is 6.26 Å². The number of anilines is 2. The first-order valence-electron chi connectivity index (χ1n) is 7.93. The Balaban J connectivity index is 1.39. The Morgan fingerprint density at radius 3 is 2.30 bits per heavy atom. The fourth-order valence-corrected chi connectivity index (χ4v) is 3.84. The lowest BCUT2D eigenvalue weighted by atomic mass is 10.2. The number of thiazole rings is 1. The highest BCUT2D eigenvalue weighted by atomic mass is 32.1. The zero-order chi connectivity index (χ0) is 18.6. The van der Waals surface area contributed by atoms with Gasteiger partial charge in [-0.2, -0.15) is 11.3 Å². The predicted octanol–water partition coefficient (Wildman–Crippen LogP) is 4.97. The van der Waals surface area contributed by atoms with E-state index in [0.717, 1.165) is 10.6 Å². The molecule has 0 aliphatic carbocycles. The fourth-order valence-electron chi connectivity index (χ4n) is 2.33. The van der Waals surface area contributed by atoms with Gasteiger partial charge >= 0.3 is 0 Å². The van der Waals surface area contributed by atoms with Crippen molar-refractivity contribution in [1.82, 2.24) is 4.98 Å². The van der Waals surface area contributed by atoms with Crippen LogP contribution >= 0.6 is 22.7 Å². The standard InChI is InChI=1S/C19H13N3O3S2/c23-17(15-11-27-19(22-15)12-7-9-26-10-12)20-13-3-5-14(6-4-13)21-18(24)16-2-1-8-25-16/h1-11H,(H,20,23)(H,21,24). The van der Waals surface area contributed by atoms with E-state index in [-0.39, 0.29) is 17.6 Å². The minimum atomic E-state index is -0.333. The van der Waals surface area contributed by atoms with E-state index in [1.54, 1.807) is 53.1 Å². The summed E-state index contributed by atoms with van der Waals surface area (Å²) in [7, 11) is 0. The number of aromatic nitrogens is 1. The van der Waals surface area contributed by atoms with Crippen LogP contribution in [-0.2, 0) is 0 Å². The SMILES string of the molecule is O=C(Nc1ccc(NC(=O)c2ccco2)cc1)c1csc(-c2ccsc2)n1. The van der Waals surface area contributed by atoms with Crippen molar-refractivity contribution in [3.8, 4) is 10.6 Å². The van der Waals surface area contributed by atoms with Crippen molar-refractivity contribution < 1.29 is 14.0 Å². The van der Waals surface area contributed by atoms with Crippen LogP contribution in [0.5, 0.6) is 0 Å². The molecule has 0 saturated heterocycles. The third kappa shape index (κ3) is 3.97. The van der Waals surface area contributed by atoms with Crippen LogP contribution in [0.2, 0.25) is 0 Å². The van der Waals surface area contributed by atoms with Gasteiger partial charge in [0.15, 0.2) is 5.76 Å². The molecule has 0 atom stereocenters. The molecule has 27 heavy (non-hydrogen) atoms. The molecule has 4 aromatic rings. The van der Waals surface area contributed by atoms with E-state index in [4.69, 9.17) is 4.42 Å². The normalized spacial score (nSPS) is 10.5. The molecule has 4 rings (SSSR count). The minimum Gasteiger partial charge on any atom is -0.459 e. The molecule has 0 aliphatic heterocycles. The molecule has 2 N–H and O–H groups in total. The van der Waals surface area contributed by atoms with Crippen molar-refractivity contribution in [3.05, 3.63) is 76.3 Å². The van der Waals surface area contributed by atoms with Gasteiger partial charge in [-0.3, -0.25) is 9.59 Å². The molecule has 2 amide bonds. The van der Waals surface area contributed by atoms with E-state index in [9.17, 15) is 9.59 Å². The third-order valence-corrected chi connectivity index (χ3v) is 5.23. The van der Waals surface area contributed by atoms with Crippen LogP contribution in [0.15, 0.2) is 69.3 Å². The summed E-state index contributed by atoms with van der Waals surface area (Å²) >= 11 is 3.02. The number of benzene rings is 1. The first-order chi connectivity index (χ1) is 13.2. The molecule has 6 nitrogen and oxygen atoms in total. The number of rotatable bonds is 5. The summed E-state index contributed by atoms with van der Waals surface area (Å²) in [6.45, 7) is 0. The number of amides is 2. The fraction of sp³-hybridized carbons (Fsp3) is 0. The van der Waals surface area contributed by atoms with Gasteiger partial charge in [-0.15, -0.1) is 11.3 Å². The van der Waals surface area contributed by atoms with E-state index in [2.05, 4.69) is 15.6 Å². The quantitative estimate of drug-likeness (QED) is 0.500. The Kier molecular flexibility index (Phi) is 4.82. The number of carbonyl (C=O) groups excluding carboxylic acids is 2. The number of hydrogen-bond acceptors (Lipinski definition) is 6. The summed E-state index contributed by atoms with van der Waals surface area (Å²) in [5, 5.41) is 12.0. The molecule has 0 bridgehead atoms. The maximum absolute atomic E-state index is 12.4. The molecule has 0 spiro atoms. The lowest BCUT2D eigenvalue weighted by molar-refractivity contribution is 0.0994. The van der Waals surface area contributed by atoms with Crippen molar-refractivity contribution in [2.45, 2.75) is 0 Å². The second-order valence-corrected chi connectivity index (χ2v) is 7.15. The molecule has 0 aliphatic rings. The predicted molar refractivity (Wildman–Crippen MR) is 106 cm³/mol. The first-order valence-corrected chi connectivity index (χ1v) is 9.76. The molecule has 0 fully saturated rings. The highest BCUT2D eigenvalue weighted by molar-refractivity contribution is 7.14. The van der Waals surface area contributed by atoms with Gasteiger partial charge in [0, 0.05) is 27.7 Å². The van der Waals surface area contributed by atoms with E-state index in [0.29, 0.717) is 17.1 Å². The summed E-state index contributed by atoms with van der Waals surface area (Å²) < 4.78 is 5.05. The Labute approximate surface area is 162 Å². The summed E-state index contributed by atoms with van der Waals surface area (Å²) in [5.74, 6) is -0.377. The molecule has 3 aromatic heterocycles. The molecule has 134 valence electrons. The molecule has 0 saturated carbocycles. The van der Waals surface area contributed by atoms with Gasteiger partial charge < -0.3 is 15.1 Å². The molecule has 3 heterocycles. The Morgan fingerprint density at radius 1 is 0.926 bits per heavy atom. The second-order valence-electron chi connectivity index (χ2n) is 5.51. The number of carbonyl (C=O) groups is 2. The molecule has 8 heteroatoms.